The molecule has 0 unspecified atom stereocenters. The number of carbonyl (C=O) groups excluding carboxylic acids is 2. The fraction of sp³-hybridized carbons (Fsp3) is 0.500. The van der Waals surface area contributed by atoms with Crippen molar-refractivity contribution >= 4 is 17.6 Å². The zero-order valence-corrected chi connectivity index (χ0v) is 13.3. The van der Waals surface area contributed by atoms with Crippen LogP contribution >= 0.6 is 0 Å². The van der Waals surface area contributed by atoms with Crippen LogP contribution in [-0.2, 0) is 4.79 Å². The first-order valence-corrected chi connectivity index (χ1v) is 7.58. The maximum Gasteiger partial charge on any atom is 0.317 e. The van der Waals surface area contributed by atoms with Gasteiger partial charge in [-0.15, -0.1) is 0 Å². The van der Waals surface area contributed by atoms with Crippen LogP contribution < -0.4 is 15.0 Å². The second-order valence-electron chi connectivity index (χ2n) is 5.23. The summed E-state index contributed by atoms with van der Waals surface area (Å²) in [6, 6.07) is 7.09. The van der Waals surface area contributed by atoms with Crippen LogP contribution in [0.5, 0.6) is 5.75 Å². The minimum absolute atomic E-state index is 0.0232. The molecule has 1 aromatic carbocycles. The van der Waals surface area contributed by atoms with E-state index in [0.29, 0.717) is 26.1 Å². The lowest BCUT2D eigenvalue weighted by Gasteiger charge is -2.22. The molecule has 1 aliphatic rings. The Morgan fingerprint density at radius 1 is 1.32 bits per heavy atom. The molecule has 1 heterocycles. The summed E-state index contributed by atoms with van der Waals surface area (Å²) in [7, 11) is 1.61. The third kappa shape index (κ3) is 3.50. The number of carbonyl (C=O) groups is 2. The molecule has 1 N–H and O–H groups in total. The maximum absolute atomic E-state index is 12.2. The molecule has 6 nitrogen and oxygen atoms in total. The molecular formula is C16H23N3O3. The number of ether oxygens (including phenoxy) is 1. The third-order valence-electron chi connectivity index (χ3n) is 3.89. The summed E-state index contributed by atoms with van der Waals surface area (Å²) in [5.74, 6) is 0.775. The number of nitrogens with zero attached hydrogens (tertiary/aromatic N) is 2. The van der Waals surface area contributed by atoms with Crippen LogP contribution in [0.15, 0.2) is 24.3 Å². The Bertz CT molecular complexity index is 526. The van der Waals surface area contributed by atoms with Crippen LogP contribution in [0.25, 0.3) is 0 Å². The molecule has 6 heteroatoms. The monoisotopic (exact) mass is 305 g/mol. The quantitative estimate of drug-likeness (QED) is 0.903. The predicted octanol–water partition coefficient (Wildman–Crippen LogP) is 1.85. The SMILES string of the molecule is CCN(CC)C(=O)N[C@H]1CC(=O)N(c2ccc(OC)cc2)C1. The van der Waals surface area contributed by atoms with E-state index >= 15 is 0 Å². The second-order valence-corrected chi connectivity index (χ2v) is 5.23. The van der Waals surface area contributed by atoms with Crippen LogP contribution in [0.2, 0.25) is 0 Å². The van der Waals surface area contributed by atoms with E-state index < -0.39 is 0 Å². The van der Waals surface area contributed by atoms with Crippen molar-refractivity contribution in [3.63, 3.8) is 0 Å². The Morgan fingerprint density at radius 3 is 2.50 bits per heavy atom. The molecule has 1 atom stereocenters. The molecule has 0 aliphatic carbocycles. The van der Waals surface area contributed by atoms with Crippen molar-refractivity contribution in [2.24, 2.45) is 0 Å². The molecule has 1 aliphatic heterocycles. The Morgan fingerprint density at radius 2 is 1.95 bits per heavy atom. The van der Waals surface area contributed by atoms with Gasteiger partial charge in [0.15, 0.2) is 0 Å². The van der Waals surface area contributed by atoms with Crippen LogP contribution in [0.4, 0.5) is 10.5 Å². The number of rotatable bonds is 5. The molecule has 1 saturated heterocycles. The lowest BCUT2D eigenvalue weighted by molar-refractivity contribution is -0.117. The summed E-state index contributed by atoms with van der Waals surface area (Å²) in [4.78, 5) is 27.6. The Hall–Kier alpha value is -2.24. The molecule has 2 rings (SSSR count). The Balaban J connectivity index is 1.99. The molecular weight excluding hydrogens is 282 g/mol. The normalized spacial score (nSPS) is 17.5. The van der Waals surface area contributed by atoms with E-state index in [1.165, 1.54) is 0 Å². The van der Waals surface area contributed by atoms with Gasteiger partial charge < -0.3 is 19.9 Å². The van der Waals surface area contributed by atoms with Crippen LogP contribution in [-0.4, -0.2) is 49.6 Å². The van der Waals surface area contributed by atoms with Gasteiger partial charge in [0.25, 0.3) is 0 Å². The number of amides is 3. The molecule has 0 aromatic heterocycles. The van der Waals surface area contributed by atoms with Gasteiger partial charge in [-0.05, 0) is 38.1 Å². The highest BCUT2D eigenvalue weighted by Crippen LogP contribution is 2.24. The summed E-state index contributed by atoms with van der Waals surface area (Å²) < 4.78 is 5.12. The highest BCUT2D eigenvalue weighted by Gasteiger charge is 2.32. The van der Waals surface area contributed by atoms with Crippen LogP contribution in [0.1, 0.15) is 20.3 Å². The number of urea groups is 1. The molecule has 0 radical (unpaired) electrons. The van der Waals surface area contributed by atoms with E-state index in [1.807, 2.05) is 38.1 Å². The van der Waals surface area contributed by atoms with E-state index in [4.69, 9.17) is 4.74 Å². The highest BCUT2D eigenvalue weighted by molar-refractivity contribution is 5.96. The van der Waals surface area contributed by atoms with Crippen molar-refractivity contribution in [1.29, 1.82) is 0 Å². The summed E-state index contributed by atoms with van der Waals surface area (Å²) in [6.07, 6.45) is 0.332. The minimum atomic E-state index is -0.150. The highest BCUT2D eigenvalue weighted by atomic mass is 16.5. The average Bonchev–Trinajstić information content (AvgIpc) is 2.89. The third-order valence-corrected chi connectivity index (χ3v) is 3.89. The van der Waals surface area contributed by atoms with E-state index in [9.17, 15) is 9.59 Å². The molecule has 1 aromatic rings. The van der Waals surface area contributed by atoms with Crippen molar-refractivity contribution in [3.8, 4) is 5.75 Å². The number of methoxy groups -OCH3 is 1. The van der Waals surface area contributed by atoms with Gasteiger partial charge in [0.05, 0.1) is 13.2 Å². The van der Waals surface area contributed by atoms with Gasteiger partial charge in [-0.25, -0.2) is 4.79 Å². The summed E-state index contributed by atoms with van der Waals surface area (Å²) in [5, 5.41) is 2.93. The second kappa shape index (κ2) is 7.15. The summed E-state index contributed by atoms with van der Waals surface area (Å²) >= 11 is 0. The first-order valence-electron chi connectivity index (χ1n) is 7.58. The fourth-order valence-corrected chi connectivity index (χ4v) is 2.59. The molecule has 120 valence electrons. The van der Waals surface area contributed by atoms with Gasteiger partial charge in [0.2, 0.25) is 5.91 Å². The first-order chi connectivity index (χ1) is 10.6. The lowest BCUT2D eigenvalue weighted by Crippen LogP contribution is -2.45. The van der Waals surface area contributed by atoms with Crippen LogP contribution in [0, 0.1) is 0 Å². The zero-order chi connectivity index (χ0) is 16.1. The minimum Gasteiger partial charge on any atom is -0.497 e. The number of hydrogen-bond acceptors (Lipinski definition) is 3. The predicted molar refractivity (Wildman–Crippen MR) is 85.2 cm³/mol. The Kier molecular flexibility index (Phi) is 5.25. The lowest BCUT2D eigenvalue weighted by atomic mass is 10.2. The topological polar surface area (TPSA) is 61.9 Å². The van der Waals surface area contributed by atoms with Crippen molar-refractivity contribution in [2.75, 3.05) is 31.6 Å². The average molecular weight is 305 g/mol. The van der Waals surface area contributed by atoms with Gasteiger partial charge in [-0.2, -0.15) is 0 Å². The van der Waals surface area contributed by atoms with E-state index in [-0.39, 0.29) is 18.0 Å². The van der Waals surface area contributed by atoms with Crippen molar-refractivity contribution in [2.45, 2.75) is 26.3 Å². The summed E-state index contributed by atoms with van der Waals surface area (Å²) in [6.45, 7) is 5.69. The first kappa shape index (κ1) is 16.1. The van der Waals surface area contributed by atoms with Gasteiger partial charge in [0, 0.05) is 31.7 Å². The van der Waals surface area contributed by atoms with Crippen molar-refractivity contribution in [1.82, 2.24) is 10.2 Å². The zero-order valence-electron chi connectivity index (χ0n) is 13.3. The number of hydrogen-bond donors (Lipinski definition) is 1. The Labute approximate surface area is 131 Å². The van der Waals surface area contributed by atoms with Gasteiger partial charge >= 0.3 is 6.03 Å². The van der Waals surface area contributed by atoms with E-state index in [1.54, 1.807) is 16.9 Å². The smallest absolute Gasteiger partial charge is 0.317 e. The number of benzene rings is 1. The van der Waals surface area contributed by atoms with Gasteiger partial charge in [-0.1, -0.05) is 0 Å². The van der Waals surface area contributed by atoms with Gasteiger partial charge in [-0.3, -0.25) is 4.79 Å². The molecule has 3 amide bonds. The van der Waals surface area contributed by atoms with Crippen molar-refractivity contribution in [3.05, 3.63) is 24.3 Å². The molecule has 0 saturated carbocycles. The fourth-order valence-electron chi connectivity index (χ4n) is 2.59. The number of anilines is 1. The van der Waals surface area contributed by atoms with E-state index in [2.05, 4.69) is 5.32 Å². The maximum atomic E-state index is 12.2. The largest absolute Gasteiger partial charge is 0.497 e. The molecule has 0 bridgehead atoms. The molecule has 1 fully saturated rings. The van der Waals surface area contributed by atoms with E-state index in [0.717, 1.165) is 11.4 Å². The summed E-state index contributed by atoms with van der Waals surface area (Å²) in [5.41, 5.74) is 0.824. The van der Waals surface area contributed by atoms with Crippen LogP contribution in [0.3, 0.4) is 0 Å². The standard InChI is InChI=1S/C16H23N3O3/c1-4-18(5-2)16(21)17-12-10-15(20)19(11-12)13-6-8-14(22-3)9-7-13/h6-9,12H,4-5,10-11H2,1-3H3,(H,17,21)/t12-/m0/s1. The number of nitrogens with one attached hydrogen (secondary N) is 1. The molecule has 22 heavy (non-hydrogen) atoms. The van der Waals surface area contributed by atoms with Gasteiger partial charge in [0.1, 0.15) is 5.75 Å². The van der Waals surface area contributed by atoms with Crippen molar-refractivity contribution < 1.29 is 14.3 Å². The molecule has 0 spiro atoms.